The second-order valence-corrected chi connectivity index (χ2v) is 8.08. The maximum absolute atomic E-state index is 10.8. The van der Waals surface area contributed by atoms with Crippen molar-refractivity contribution >= 4 is 29.5 Å². The number of aliphatic carboxylic acids is 1. The van der Waals surface area contributed by atoms with Crippen LogP contribution in [0.3, 0.4) is 0 Å². The van der Waals surface area contributed by atoms with Gasteiger partial charge in [0, 0.05) is 17.2 Å². The van der Waals surface area contributed by atoms with Crippen molar-refractivity contribution in [1.82, 2.24) is 14.8 Å². The van der Waals surface area contributed by atoms with E-state index in [1.54, 1.807) is 0 Å². The monoisotopic (exact) mass is 329 g/mol. The van der Waals surface area contributed by atoms with Crippen molar-refractivity contribution in [2.24, 2.45) is 0 Å². The Labute approximate surface area is 134 Å². The minimum absolute atomic E-state index is 0.0303. The highest BCUT2D eigenvalue weighted by Gasteiger charge is 2.35. The first-order valence-corrected chi connectivity index (χ1v) is 9.51. The van der Waals surface area contributed by atoms with Gasteiger partial charge in [0.25, 0.3) is 0 Å². The lowest BCUT2D eigenvalue weighted by atomic mass is 10.1. The smallest absolute Gasteiger partial charge is 0.313 e. The average Bonchev–Trinajstić information content (AvgIpc) is 3.04. The Morgan fingerprint density at radius 2 is 2.05 bits per heavy atom. The van der Waals surface area contributed by atoms with Crippen LogP contribution in [-0.2, 0) is 11.3 Å². The Morgan fingerprint density at radius 3 is 2.57 bits per heavy atom. The first-order chi connectivity index (χ1) is 9.97. The maximum Gasteiger partial charge on any atom is 0.313 e. The van der Waals surface area contributed by atoms with Crippen molar-refractivity contribution in [3.05, 3.63) is 5.82 Å². The molecule has 1 aromatic heterocycles. The molecule has 0 aromatic carbocycles. The maximum atomic E-state index is 10.8. The highest BCUT2D eigenvalue weighted by molar-refractivity contribution is 8.00. The molecular weight excluding hydrogens is 306 g/mol. The van der Waals surface area contributed by atoms with Gasteiger partial charge in [-0.05, 0) is 19.1 Å². The third-order valence-electron chi connectivity index (χ3n) is 3.98. The van der Waals surface area contributed by atoms with Gasteiger partial charge in [-0.3, -0.25) is 4.79 Å². The van der Waals surface area contributed by atoms with E-state index >= 15 is 0 Å². The van der Waals surface area contributed by atoms with E-state index in [1.165, 1.54) is 37.4 Å². The van der Waals surface area contributed by atoms with Crippen LogP contribution in [-0.4, -0.2) is 42.6 Å². The Kier molecular flexibility index (Phi) is 5.60. The van der Waals surface area contributed by atoms with E-state index in [4.69, 9.17) is 5.11 Å². The SMILES string of the molecule is CSC1(Cn2c(SCC(=O)O)nnc2C(C)C)CCCC1. The van der Waals surface area contributed by atoms with Crippen molar-refractivity contribution in [3.63, 3.8) is 0 Å². The van der Waals surface area contributed by atoms with E-state index < -0.39 is 5.97 Å². The minimum Gasteiger partial charge on any atom is -0.481 e. The van der Waals surface area contributed by atoms with E-state index in [9.17, 15) is 4.79 Å². The molecule has 1 saturated carbocycles. The fraction of sp³-hybridized carbons (Fsp3) is 0.786. The average molecular weight is 329 g/mol. The molecule has 21 heavy (non-hydrogen) atoms. The summed E-state index contributed by atoms with van der Waals surface area (Å²) in [4.78, 5) is 10.8. The zero-order chi connectivity index (χ0) is 15.5. The second-order valence-electron chi connectivity index (χ2n) is 5.86. The van der Waals surface area contributed by atoms with Crippen LogP contribution in [0.4, 0.5) is 0 Å². The van der Waals surface area contributed by atoms with Crippen LogP contribution in [0.5, 0.6) is 0 Å². The number of carboxylic acid groups (broad SMARTS) is 1. The van der Waals surface area contributed by atoms with Crippen LogP contribution in [0, 0.1) is 0 Å². The summed E-state index contributed by atoms with van der Waals surface area (Å²) < 4.78 is 2.41. The number of hydrogen-bond acceptors (Lipinski definition) is 5. The van der Waals surface area contributed by atoms with Gasteiger partial charge < -0.3 is 9.67 Å². The van der Waals surface area contributed by atoms with Crippen molar-refractivity contribution < 1.29 is 9.90 Å². The van der Waals surface area contributed by atoms with Crippen LogP contribution in [0.2, 0.25) is 0 Å². The van der Waals surface area contributed by atoms with E-state index in [1.807, 2.05) is 11.8 Å². The molecule has 0 radical (unpaired) electrons. The Balaban J connectivity index is 2.25. The first-order valence-electron chi connectivity index (χ1n) is 7.30. The highest BCUT2D eigenvalue weighted by atomic mass is 32.2. The summed E-state index contributed by atoms with van der Waals surface area (Å²) in [5.74, 6) is 0.462. The molecule has 0 amide bonds. The fourth-order valence-electron chi connectivity index (χ4n) is 2.84. The lowest BCUT2D eigenvalue weighted by Crippen LogP contribution is -2.28. The molecule has 5 nitrogen and oxygen atoms in total. The molecule has 0 bridgehead atoms. The van der Waals surface area contributed by atoms with Crippen LogP contribution >= 0.6 is 23.5 Å². The molecule has 7 heteroatoms. The molecule has 1 aromatic rings. The quantitative estimate of drug-likeness (QED) is 0.775. The lowest BCUT2D eigenvalue weighted by Gasteiger charge is -2.28. The summed E-state index contributed by atoms with van der Waals surface area (Å²) in [5.41, 5.74) is 0. The van der Waals surface area contributed by atoms with Gasteiger partial charge in [0.2, 0.25) is 0 Å². The molecule has 118 valence electrons. The van der Waals surface area contributed by atoms with Crippen molar-refractivity contribution in [2.75, 3.05) is 12.0 Å². The number of hydrogen-bond donors (Lipinski definition) is 1. The van der Waals surface area contributed by atoms with E-state index in [-0.39, 0.29) is 16.4 Å². The van der Waals surface area contributed by atoms with Gasteiger partial charge in [0.1, 0.15) is 5.82 Å². The number of aromatic nitrogens is 3. The molecule has 1 fully saturated rings. The summed E-state index contributed by atoms with van der Waals surface area (Å²) >= 11 is 3.20. The second kappa shape index (κ2) is 7.05. The highest BCUT2D eigenvalue weighted by Crippen LogP contribution is 2.42. The summed E-state index contributed by atoms with van der Waals surface area (Å²) in [6.45, 7) is 5.09. The fourth-order valence-corrected chi connectivity index (χ4v) is 4.46. The molecule has 1 N–H and O–H groups in total. The first kappa shape index (κ1) is 16.7. The molecule has 0 saturated heterocycles. The van der Waals surface area contributed by atoms with Gasteiger partial charge in [0.15, 0.2) is 5.16 Å². The Hall–Kier alpha value is -0.690. The van der Waals surface area contributed by atoms with Gasteiger partial charge >= 0.3 is 5.97 Å². The number of rotatable bonds is 7. The summed E-state index contributed by atoms with van der Waals surface area (Å²) in [6, 6.07) is 0. The Morgan fingerprint density at radius 1 is 1.38 bits per heavy atom. The predicted octanol–water partition coefficient (Wildman–Crippen LogP) is 3.25. The minimum atomic E-state index is -0.818. The molecular formula is C14H23N3O2S2. The standard InChI is InChI=1S/C14H23N3O2S2/c1-10(2)12-15-16-13(21-8-11(18)19)17(12)9-14(20-3)6-4-5-7-14/h10H,4-9H2,1-3H3,(H,18,19). The predicted molar refractivity (Wildman–Crippen MR) is 87.2 cm³/mol. The van der Waals surface area contributed by atoms with Crippen LogP contribution in [0.15, 0.2) is 5.16 Å². The lowest BCUT2D eigenvalue weighted by molar-refractivity contribution is -0.133. The number of carboxylic acids is 1. The normalized spacial score (nSPS) is 17.5. The van der Waals surface area contributed by atoms with Gasteiger partial charge in [-0.15, -0.1) is 10.2 Å². The largest absolute Gasteiger partial charge is 0.481 e. The zero-order valence-electron chi connectivity index (χ0n) is 12.8. The van der Waals surface area contributed by atoms with Crippen molar-refractivity contribution in [2.45, 2.75) is 61.9 Å². The molecule has 0 atom stereocenters. The molecule has 1 aliphatic carbocycles. The van der Waals surface area contributed by atoms with Gasteiger partial charge in [-0.1, -0.05) is 38.5 Å². The van der Waals surface area contributed by atoms with E-state index in [2.05, 4.69) is 34.9 Å². The molecule has 1 heterocycles. The van der Waals surface area contributed by atoms with Crippen LogP contribution in [0.25, 0.3) is 0 Å². The Bertz CT molecular complexity index is 496. The van der Waals surface area contributed by atoms with E-state index in [0.717, 1.165) is 17.5 Å². The summed E-state index contributed by atoms with van der Waals surface area (Å²) in [7, 11) is 0. The van der Waals surface area contributed by atoms with Crippen LogP contribution in [0.1, 0.15) is 51.3 Å². The topological polar surface area (TPSA) is 68.0 Å². The van der Waals surface area contributed by atoms with Gasteiger partial charge in [-0.25, -0.2) is 0 Å². The molecule has 0 aliphatic heterocycles. The third-order valence-corrected chi connectivity index (χ3v) is 6.34. The molecule has 2 rings (SSSR count). The van der Waals surface area contributed by atoms with Crippen LogP contribution < -0.4 is 0 Å². The number of nitrogens with zero attached hydrogens (tertiary/aromatic N) is 3. The summed E-state index contributed by atoms with van der Waals surface area (Å²) in [6.07, 6.45) is 7.16. The third kappa shape index (κ3) is 3.94. The molecule has 0 unspecified atom stereocenters. The zero-order valence-corrected chi connectivity index (χ0v) is 14.5. The van der Waals surface area contributed by atoms with E-state index in [0.29, 0.717) is 0 Å². The number of carbonyl (C=O) groups is 1. The van der Waals surface area contributed by atoms with Gasteiger partial charge in [-0.2, -0.15) is 11.8 Å². The van der Waals surface area contributed by atoms with Gasteiger partial charge in [0.05, 0.1) is 5.75 Å². The van der Waals surface area contributed by atoms with Crippen molar-refractivity contribution in [3.8, 4) is 0 Å². The number of thioether (sulfide) groups is 2. The molecule has 1 aliphatic rings. The summed E-state index contributed by atoms with van der Waals surface area (Å²) in [5, 5.41) is 18.1. The van der Waals surface area contributed by atoms with Crippen molar-refractivity contribution in [1.29, 1.82) is 0 Å². The molecule has 0 spiro atoms.